The monoisotopic (exact) mass is 331 g/mol. The van der Waals surface area contributed by atoms with Gasteiger partial charge in [0.15, 0.2) is 0 Å². The molecule has 0 heterocycles. The molecule has 0 aliphatic heterocycles. The summed E-state index contributed by atoms with van der Waals surface area (Å²) in [5, 5.41) is 3.38. The zero-order chi connectivity index (χ0) is 17.2. The fourth-order valence-corrected chi connectivity index (χ4v) is 2.29. The molecule has 5 nitrogen and oxygen atoms in total. The molecule has 2 aromatic rings. The first-order valence-corrected chi connectivity index (χ1v) is 8.02. The van der Waals surface area contributed by atoms with Gasteiger partial charge in [0.05, 0.1) is 26.5 Å². The molecule has 0 bridgehead atoms. The lowest BCUT2D eigenvalue weighted by Crippen LogP contribution is -2.09. The van der Waals surface area contributed by atoms with Crippen LogP contribution in [0.2, 0.25) is 0 Å². The summed E-state index contributed by atoms with van der Waals surface area (Å²) in [5.74, 6) is 2.40. The number of nitrogens with one attached hydrogen (secondary N) is 1. The molecule has 0 atom stereocenters. The van der Waals surface area contributed by atoms with Crippen molar-refractivity contribution in [3.63, 3.8) is 0 Å². The van der Waals surface area contributed by atoms with E-state index in [1.54, 1.807) is 14.2 Å². The molecule has 1 N–H and O–H groups in total. The van der Waals surface area contributed by atoms with Gasteiger partial charge in [0.2, 0.25) is 0 Å². The Kier molecular flexibility index (Phi) is 7.23. The van der Waals surface area contributed by atoms with E-state index in [4.69, 9.17) is 18.9 Å². The third-order valence-electron chi connectivity index (χ3n) is 3.54. The van der Waals surface area contributed by atoms with Crippen LogP contribution in [-0.4, -0.2) is 34.0 Å². The Hall–Kier alpha value is -2.40. The molecule has 0 unspecified atom stereocenters. The highest BCUT2D eigenvalue weighted by Gasteiger charge is 2.07. The molecule has 0 radical (unpaired) electrons. The molecular weight excluding hydrogens is 306 g/mol. The van der Waals surface area contributed by atoms with E-state index in [0.717, 1.165) is 28.5 Å². The van der Waals surface area contributed by atoms with Gasteiger partial charge in [-0.25, -0.2) is 0 Å². The van der Waals surface area contributed by atoms with E-state index in [-0.39, 0.29) is 0 Å². The zero-order valence-electron chi connectivity index (χ0n) is 14.5. The third kappa shape index (κ3) is 5.06. The van der Waals surface area contributed by atoms with Crippen molar-refractivity contribution in [2.45, 2.75) is 13.5 Å². The number of benzene rings is 2. The Labute approximate surface area is 143 Å². The Balaban J connectivity index is 2.04. The summed E-state index contributed by atoms with van der Waals surface area (Å²) in [5.41, 5.74) is 1.94. The van der Waals surface area contributed by atoms with Gasteiger partial charge in [0.25, 0.3) is 0 Å². The average Bonchev–Trinajstić information content (AvgIpc) is 2.64. The number of rotatable bonds is 10. The highest BCUT2D eigenvalue weighted by atomic mass is 16.5. The van der Waals surface area contributed by atoms with E-state index in [0.29, 0.717) is 26.4 Å². The molecule has 0 aliphatic carbocycles. The Morgan fingerprint density at radius 1 is 0.917 bits per heavy atom. The first-order chi connectivity index (χ1) is 11.8. The molecule has 0 saturated heterocycles. The smallest absolute Gasteiger partial charge is 0.142 e. The van der Waals surface area contributed by atoms with Gasteiger partial charge in [-0.05, 0) is 25.1 Å². The molecule has 5 heteroatoms. The quantitative estimate of drug-likeness (QED) is 0.672. The van der Waals surface area contributed by atoms with Crippen molar-refractivity contribution in [1.29, 1.82) is 0 Å². The lowest BCUT2D eigenvalue weighted by molar-refractivity contribution is 0.110. The minimum atomic E-state index is 0.535. The Morgan fingerprint density at radius 3 is 2.50 bits per heavy atom. The third-order valence-corrected chi connectivity index (χ3v) is 3.54. The van der Waals surface area contributed by atoms with Crippen LogP contribution in [0.15, 0.2) is 42.5 Å². The molecule has 0 aromatic heterocycles. The lowest BCUT2D eigenvalue weighted by atomic mass is 10.2. The number of anilines is 1. The van der Waals surface area contributed by atoms with Crippen LogP contribution in [0.3, 0.4) is 0 Å². The second-order valence-electron chi connectivity index (χ2n) is 5.07. The standard InChI is InChI=1S/C19H25NO4/c1-4-23-11-12-24-18-8-6-5-7-15(18)14-20-17-13-16(21-2)9-10-19(17)22-3/h5-10,13,20H,4,11-12,14H2,1-3H3. The maximum absolute atomic E-state index is 5.81. The van der Waals surface area contributed by atoms with Crippen LogP contribution in [0.5, 0.6) is 17.2 Å². The van der Waals surface area contributed by atoms with Crippen LogP contribution < -0.4 is 19.5 Å². The van der Waals surface area contributed by atoms with Gasteiger partial charge < -0.3 is 24.3 Å². The fourth-order valence-electron chi connectivity index (χ4n) is 2.29. The molecule has 0 saturated carbocycles. The summed E-state index contributed by atoms with van der Waals surface area (Å²) < 4.78 is 21.8. The first kappa shape index (κ1) is 17.9. The van der Waals surface area contributed by atoms with Crippen molar-refractivity contribution in [3.8, 4) is 17.2 Å². The predicted molar refractivity (Wildman–Crippen MR) is 95.3 cm³/mol. The fraction of sp³-hybridized carbons (Fsp3) is 0.368. The van der Waals surface area contributed by atoms with Crippen LogP contribution in [0.4, 0.5) is 5.69 Å². The van der Waals surface area contributed by atoms with Crippen molar-refractivity contribution in [3.05, 3.63) is 48.0 Å². The topological polar surface area (TPSA) is 49.0 Å². The molecule has 2 aromatic carbocycles. The summed E-state index contributed by atoms with van der Waals surface area (Å²) in [6.07, 6.45) is 0. The van der Waals surface area contributed by atoms with Crippen LogP contribution in [0, 0.1) is 0 Å². The Bertz CT molecular complexity index is 631. The highest BCUT2D eigenvalue weighted by molar-refractivity contribution is 5.60. The van der Waals surface area contributed by atoms with Crippen molar-refractivity contribution < 1.29 is 18.9 Å². The minimum Gasteiger partial charge on any atom is -0.497 e. The normalized spacial score (nSPS) is 10.3. The second kappa shape index (κ2) is 9.67. The molecular formula is C19H25NO4. The lowest BCUT2D eigenvalue weighted by Gasteiger charge is -2.15. The van der Waals surface area contributed by atoms with Crippen LogP contribution in [-0.2, 0) is 11.3 Å². The summed E-state index contributed by atoms with van der Waals surface area (Å²) in [6.45, 7) is 4.41. The van der Waals surface area contributed by atoms with E-state index in [9.17, 15) is 0 Å². The Morgan fingerprint density at radius 2 is 1.75 bits per heavy atom. The predicted octanol–water partition coefficient (Wildman–Crippen LogP) is 3.73. The van der Waals surface area contributed by atoms with E-state index in [2.05, 4.69) is 5.32 Å². The highest BCUT2D eigenvalue weighted by Crippen LogP contribution is 2.30. The number of hydrogen-bond donors (Lipinski definition) is 1. The van der Waals surface area contributed by atoms with E-state index in [1.165, 1.54) is 0 Å². The van der Waals surface area contributed by atoms with Crippen molar-refractivity contribution in [1.82, 2.24) is 0 Å². The summed E-state index contributed by atoms with van der Waals surface area (Å²) in [6, 6.07) is 13.6. The molecule has 0 amide bonds. The van der Waals surface area contributed by atoms with Gasteiger partial charge in [-0.1, -0.05) is 18.2 Å². The molecule has 2 rings (SSSR count). The van der Waals surface area contributed by atoms with Gasteiger partial charge in [-0.3, -0.25) is 0 Å². The van der Waals surface area contributed by atoms with Crippen molar-refractivity contribution >= 4 is 5.69 Å². The van der Waals surface area contributed by atoms with Crippen molar-refractivity contribution in [2.75, 3.05) is 39.4 Å². The maximum atomic E-state index is 5.81. The number of para-hydroxylation sites is 1. The van der Waals surface area contributed by atoms with Gasteiger partial charge in [0.1, 0.15) is 23.9 Å². The second-order valence-corrected chi connectivity index (χ2v) is 5.07. The summed E-state index contributed by atoms with van der Waals surface area (Å²) >= 11 is 0. The number of methoxy groups -OCH3 is 2. The van der Waals surface area contributed by atoms with Crippen LogP contribution in [0.1, 0.15) is 12.5 Å². The van der Waals surface area contributed by atoms with Gasteiger partial charge in [-0.15, -0.1) is 0 Å². The summed E-state index contributed by atoms with van der Waals surface area (Å²) in [7, 11) is 3.30. The van der Waals surface area contributed by atoms with E-state index >= 15 is 0 Å². The number of ether oxygens (including phenoxy) is 4. The van der Waals surface area contributed by atoms with E-state index < -0.39 is 0 Å². The van der Waals surface area contributed by atoms with Crippen LogP contribution >= 0.6 is 0 Å². The SMILES string of the molecule is CCOCCOc1ccccc1CNc1cc(OC)ccc1OC. The van der Waals surface area contributed by atoms with Gasteiger partial charge in [0, 0.05) is 24.8 Å². The van der Waals surface area contributed by atoms with Gasteiger partial charge in [-0.2, -0.15) is 0 Å². The first-order valence-electron chi connectivity index (χ1n) is 8.02. The maximum Gasteiger partial charge on any atom is 0.142 e. The van der Waals surface area contributed by atoms with E-state index in [1.807, 2.05) is 49.4 Å². The molecule has 130 valence electrons. The molecule has 24 heavy (non-hydrogen) atoms. The molecule has 0 spiro atoms. The average molecular weight is 331 g/mol. The molecule has 0 aliphatic rings. The van der Waals surface area contributed by atoms with Crippen LogP contribution in [0.25, 0.3) is 0 Å². The largest absolute Gasteiger partial charge is 0.497 e. The zero-order valence-corrected chi connectivity index (χ0v) is 14.5. The molecule has 0 fully saturated rings. The van der Waals surface area contributed by atoms with Gasteiger partial charge >= 0.3 is 0 Å². The minimum absolute atomic E-state index is 0.535. The number of hydrogen-bond acceptors (Lipinski definition) is 5. The summed E-state index contributed by atoms with van der Waals surface area (Å²) in [4.78, 5) is 0. The van der Waals surface area contributed by atoms with Crippen molar-refractivity contribution in [2.24, 2.45) is 0 Å².